The third-order valence-corrected chi connectivity index (χ3v) is 6.63. The summed E-state index contributed by atoms with van der Waals surface area (Å²) in [5.41, 5.74) is 1.13. The lowest BCUT2D eigenvalue weighted by Gasteiger charge is -2.26. The molecule has 3 aromatic carbocycles. The Kier molecular flexibility index (Phi) is 5.46. The highest BCUT2D eigenvalue weighted by molar-refractivity contribution is 7.92. The fraction of sp³-hybridized carbons (Fsp3) is 0.130. The number of para-hydroxylation sites is 2. The molecule has 4 N–H and O–H groups in total. The van der Waals surface area contributed by atoms with Crippen molar-refractivity contribution >= 4 is 32.7 Å². The molecular weight excluding hydrogens is 460 g/mol. The fourth-order valence-corrected chi connectivity index (χ4v) is 4.64. The second-order valence-corrected chi connectivity index (χ2v) is 9.36. The van der Waals surface area contributed by atoms with Crippen molar-refractivity contribution in [2.45, 2.75) is 11.0 Å². The number of imidazole rings is 1. The van der Waals surface area contributed by atoms with Gasteiger partial charge in [0.15, 0.2) is 11.5 Å². The average Bonchev–Trinajstić information content (AvgIpc) is 3.22. The number of hydrogen-bond donors (Lipinski definition) is 4. The third-order valence-electron chi connectivity index (χ3n) is 5.25. The molecule has 2 heterocycles. The molecule has 0 aliphatic carbocycles. The van der Waals surface area contributed by atoms with E-state index in [0.717, 1.165) is 0 Å². The first kappa shape index (κ1) is 21.6. The minimum absolute atomic E-state index is 0.00616. The van der Waals surface area contributed by atoms with E-state index in [1.165, 1.54) is 42.5 Å². The summed E-state index contributed by atoms with van der Waals surface area (Å²) >= 11 is 0. The van der Waals surface area contributed by atoms with E-state index in [1.807, 2.05) is 18.2 Å². The van der Waals surface area contributed by atoms with E-state index >= 15 is 0 Å². The van der Waals surface area contributed by atoms with Crippen LogP contribution in [0, 0.1) is 0 Å². The van der Waals surface area contributed by atoms with Gasteiger partial charge in [0.25, 0.3) is 15.9 Å². The lowest BCUT2D eigenvalue weighted by molar-refractivity contribution is 0.0789. The van der Waals surface area contributed by atoms with Gasteiger partial charge in [0.05, 0.1) is 22.5 Å². The van der Waals surface area contributed by atoms with Gasteiger partial charge in [0.2, 0.25) is 0 Å². The quantitative estimate of drug-likeness (QED) is 0.333. The standard InChI is InChI=1S/C23H20N4O6S/c28-22(24-12-16-13-32-20-3-1-2-4-21(20)33-16)14-5-7-15(8-6-14)27-34(30,31)17-9-10-18-19(11-17)26-23(29)25-18/h1-11,16,27H,12-13H2,(H,24,28)(H2,25,26,29)/t16-/m0/s1. The molecular formula is C23H20N4O6S. The number of carbonyl (C=O) groups is 1. The monoisotopic (exact) mass is 480 g/mol. The van der Waals surface area contributed by atoms with Crippen LogP contribution in [0.2, 0.25) is 0 Å². The highest BCUT2D eigenvalue weighted by Crippen LogP contribution is 2.30. The van der Waals surface area contributed by atoms with Crippen LogP contribution in [-0.2, 0) is 10.0 Å². The summed E-state index contributed by atoms with van der Waals surface area (Å²) in [4.78, 5) is 29.0. The van der Waals surface area contributed by atoms with Gasteiger partial charge >= 0.3 is 5.69 Å². The number of nitrogens with one attached hydrogen (secondary N) is 4. The van der Waals surface area contributed by atoms with Crippen LogP contribution in [0.15, 0.2) is 76.4 Å². The minimum Gasteiger partial charge on any atom is -0.486 e. The van der Waals surface area contributed by atoms with Crippen LogP contribution in [0.3, 0.4) is 0 Å². The van der Waals surface area contributed by atoms with Gasteiger partial charge in [-0.3, -0.25) is 9.52 Å². The summed E-state index contributed by atoms with van der Waals surface area (Å²) in [6.45, 7) is 0.575. The van der Waals surface area contributed by atoms with Crippen molar-refractivity contribution in [3.05, 3.63) is 82.8 Å². The Labute approximate surface area is 194 Å². The van der Waals surface area contributed by atoms with E-state index in [0.29, 0.717) is 40.4 Å². The average molecular weight is 481 g/mol. The predicted molar refractivity (Wildman–Crippen MR) is 125 cm³/mol. The van der Waals surface area contributed by atoms with E-state index in [1.54, 1.807) is 6.07 Å². The zero-order valence-corrected chi connectivity index (χ0v) is 18.5. The third kappa shape index (κ3) is 4.46. The molecule has 0 saturated carbocycles. The summed E-state index contributed by atoms with van der Waals surface area (Å²) in [6.07, 6.45) is -0.322. The Bertz CT molecular complexity index is 1530. The van der Waals surface area contributed by atoms with Crippen LogP contribution >= 0.6 is 0 Å². The molecule has 1 atom stereocenters. The molecule has 0 radical (unpaired) electrons. The highest BCUT2D eigenvalue weighted by atomic mass is 32.2. The number of aromatic amines is 2. The van der Waals surface area contributed by atoms with Gasteiger partial charge in [-0.15, -0.1) is 0 Å². The molecule has 0 fully saturated rings. The number of fused-ring (bicyclic) bond motifs is 2. The van der Waals surface area contributed by atoms with Gasteiger partial charge in [-0.25, -0.2) is 13.2 Å². The van der Waals surface area contributed by atoms with Gasteiger partial charge < -0.3 is 24.8 Å². The van der Waals surface area contributed by atoms with E-state index in [4.69, 9.17) is 9.47 Å². The number of benzene rings is 3. The van der Waals surface area contributed by atoms with Crippen LogP contribution in [0.5, 0.6) is 11.5 Å². The predicted octanol–water partition coefficient (Wildman–Crippen LogP) is 2.23. The first-order chi connectivity index (χ1) is 16.4. The summed E-state index contributed by atoms with van der Waals surface area (Å²) < 4.78 is 39.4. The smallest absolute Gasteiger partial charge is 0.323 e. The van der Waals surface area contributed by atoms with Crippen molar-refractivity contribution in [2.24, 2.45) is 0 Å². The van der Waals surface area contributed by atoms with E-state index in [9.17, 15) is 18.0 Å². The number of anilines is 1. The lowest BCUT2D eigenvalue weighted by Crippen LogP contribution is -2.40. The molecule has 1 aliphatic rings. The maximum absolute atomic E-state index is 12.7. The van der Waals surface area contributed by atoms with Crippen LogP contribution in [0.25, 0.3) is 11.0 Å². The number of rotatable bonds is 6. The van der Waals surface area contributed by atoms with E-state index in [2.05, 4.69) is 20.0 Å². The van der Waals surface area contributed by atoms with Crippen molar-refractivity contribution in [1.82, 2.24) is 15.3 Å². The molecule has 10 nitrogen and oxygen atoms in total. The molecule has 5 rings (SSSR count). The summed E-state index contributed by atoms with van der Waals surface area (Å²) in [5.74, 6) is 0.981. The van der Waals surface area contributed by atoms with Crippen molar-refractivity contribution in [2.75, 3.05) is 17.9 Å². The van der Waals surface area contributed by atoms with Gasteiger partial charge in [0.1, 0.15) is 12.7 Å². The summed E-state index contributed by atoms with van der Waals surface area (Å²) in [6, 6.07) is 17.6. The second kappa shape index (κ2) is 8.60. The van der Waals surface area contributed by atoms with Crippen LogP contribution in [0.4, 0.5) is 5.69 Å². The number of hydrogen-bond acceptors (Lipinski definition) is 6. The number of carbonyl (C=O) groups excluding carboxylic acids is 1. The van der Waals surface area contributed by atoms with E-state index in [-0.39, 0.29) is 23.5 Å². The molecule has 0 spiro atoms. The number of amides is 1. The maximum Gasteiger partial charge on any atom is 0.323 e. The Morgan fingerprint density at radius 2 is 1.71 bits per heavy atom. The minimum atomic E-state index is -3.89. The SMILES string of the molecule is O=C(NC[C@H]1COc2ccccc2O1)c1ccc(NS(=O)(=O)c2ccc3[nH]c(=O)[nH]c3c2)cc1. The molecule has 174 valence electrons. The largest absolute Gasteiger partial charge is 0.486 e. The van der Waals surface area contributed by atoms with Crippen LogP contribution in [-0.4, -0.2) is 43.5 Å². The molecule has 4 aromatic rings. The molecule has 0 saturated heterocycles. The number of H-pyrrole nitrogens is 2. The number of sulfonamides is 1. The Hall–Kier alpha value is -4.25. The fourth-order valence-electron chi connectivity index (χ4n) is 3.55. The Morgan fingerprint density at radius 1 is 0.971 bits per heavy atom. The Morgan fingerprint density at radius 3 is 2.50 bits per heavy atom. The maximum atomic E-state index is 12.7. The highest BCUT2D eigenvalue weighted by Gasteiger charge is 2.21. The normalized spacial score (nSPS) is 15.1. The first-order valence-corrected chi connectivity index (χ1v) is 11.9. The molecule has 1 amide bonds. The van der Waals surface area contributed by atoms with Crippen molar-refractivity contribution < 1.29 is 22.7 Å². The molecule has 0 unspecified atom stereocenters. The zero-order valence-electron chi connectivity index (χ0n) is 17.7. The van der Waals surface area contributed by atoms with Gasteiger partial charge in [-0.05, 0) is 54.6 Å². The topological polar surface area (TPSA) is 142 Å². The van der Waals surface area contributed by atoms with Gasteiger partial charge in [-0.2, -0.15) is 0 Å². The van der Waals surface area contributed by atoms with Crippen molar-refractivity contribution in [3.63, 3.8) is 0 Å². The molecule has 34 heavy (non-hydrogen) atoms. The van der Waals surface area contributed by atoms with Crippen LogP contribution in [0.1, 0.15) is 10.4 Å². The molecule has 0 bridgehead atoms. The number of ether oxygens (including phenoxy) is 2. The van der Waals surface area contributed by atoms with Gasteiger partial charge in [-0.1, -0.05) is 12.1 Å². The van der Waals surface area contributed by atoms with Crippen molar-refractivity contribution in [3.8, 4) is 11.5 Å². The first-order valence-electron chi connectivity index (χ1n) is 10.4. The number of aromatic nitrogens is 2. The molecule has 1 aromatic heterocycles. The molecule has 1 aliphatic heterocycles. The lowest BCUT2D eigenvalue weighted by atomic mass is 10.2. The second-order valence-electron chi connectivity index (χ2n) is 7.68. The van der Waals surface area contributed by atoms with Crippen molar-refractivity contribution in [1.29, 1.82) is 0 Å². The zero-order chi connectivity index (χ0) is 23.7. The van der Waals surface area contributed by atoms with Crippen LogP contribution < -0.4 is 25.2 Å². The summed E-state index contributed by atoms with van der Waals surface area (Å²) in [7, 11) is -3.89. The Balaban J connectivity index is 1.20. The van der Waals surface area contributed by atoms with E-state index < -0.39 is 15.7 Å². The molecule has 11 heteroatoms. The summed E-state index contributed by atoms with van der Waals surface area (Å²) in [5, 5.41) is 2.80. The van der Waals surface area contributed by atoms with Gasteiger partial charge in [0, 0.05) is 11.3 Å².